The number of rotatable bonds is 2. The molecule has 2 aromatic rings. The van der Waals surface area contributed by atoms with Crippen molar-refractivity contribution in [1.82, 2.24) is 0 Å². The van der Waals surface area contributed by atoms with Crippen LogP contribution in [0.1, 0.15) is 21.7 Å². The summed E-state index contributed by atoms with van der Waals surface area (Å²) in [5.41, 5.74) is 1.33. The molecule has 0 aliphatic rings. The number of hydrogen-bond acceptors (Lipinski definition) is 2. The van der Waals surface area contributed by atoms with Gasteiger partial charge in [0.2, 0.25) is 0 Å². The van der Waals surface area contributed by atoms with Crippen LogP contribution < -0.4 is 0 Å². The first-order valence-corrected chi connectivity index (χ1v) is 5.61. The van der Waals surface area contributed by atoms with E-state index in [0.717, 1.165) is 3.57 Å². The van der Waals surface area contributed by atoms with E-state index in [9.17, 15) is 4.79 Å². The third-order valence-electron chi connectivity index (χ3n) is 2.21. The lowest BCUT2D eigenvalue weighted by Crippen LogP contribution is -2.01. The molecule has 2 rings (SSSR count). The fourth-order valence-corrected chi connectivity index (χ4v) is 1.74. The first-order chi connectivity index (χ1) is 7.18. The Morgan fingerprint density at radius 2 is 1.87 bits per heavy atom. The van der Waals surface area contributed by atoms with Crippen molar-refractivity contribution in [2.75, 3.05) is 0 Å². The molecule has 3 heteroatoms. The van der Waals surface area contributed by atoms with Crippen molar-refractivity contribution in [2.24, 2.45) is 0 Å². The summed E-state index contributed by atoms with van der Waals surface area (Å²) in [7, 11) is 0. The number of halogens is 1. The molecule has 0 amide bonds. The SMILES string of the molecule is Cc1occc1C(=O)c1ccc(I)cc1. The number of carbonyl (C=O) groups is 1. The summed E-state index contributed by atoms with van der Waals surface area (Å²) in [6, 6.07) is 9.20. The van der Waals surface area contributed by atoms with Gasteiger partial charge in [-0.1, -0.05) is 0 Å². The fraction of sp³-hybridized carbons (Fsp3) is 0.0833. The van der Waals surface area contributed by atoms with Crippen LogP contribution in [0.2, 0.25) is 0 Å². The van der Waals surface area contributed by atoms with Gasteiger partial charge in [0.05, 0.1) is 11.8 Å². The number of furan rings is 1. The van der Waals surface area contributed by atoms with Gasteiger partial charge in [-0.15, -0.1) is 0 Å². The monoisotopic (exact) mass is 312 g/mol. The van der Waals surface area contributed by atoms with Gasteiger partial charge in [0.1, 0.15) is 5.76 Å². The second-order valence-electron chi connectivity index (χ2n) is 3.23. The maximum absolute atomic E-state index is 12.0. The van der Waals surface area contributed by atoms with Gasteiger partial charge in [-0.3, -0.25) is 4.79 Å². The second-order valence-corrected chi connectivity index (χ2v) is 4.47. The molecular formula is C12H9IO2. The van der Waals surface area contributed by atoms with Crippen molar-refractivity contribution < 1.29 is 9.21 Å². The molecule has 76 valence electrons. The Morgan fingerprint density at radius 1 is 1.20 bits per heavy atom. The molecule has 0 bridgehead atoms. The van der Waals surface area contributed by atoms with Crippen LogP contribution in [0.3, 0.4) is 0 Å². The van der Waals surface area contributed by atoms with E-state index in [1.165, 1.54) is 6.26 Å². The molecule has 0 N–H and O–H groups in total. The van der Waals surface area contributed by atoms with Crippen LogP contribution in [-0.4, -0.2) is 5.78 Å². The molecule has 0 saturated heterocycles. The Balaban J connectivity index is 2.37. The maximum atomic E-state index is 12.0. The van der Waals surface area contributed by atoms with E-state index in [4.69, 9.17) is 4.42 Å². The van der Waals surface area contributed by atoms with Crippen molar-refractivity contribution in [1.29, 1.82) is 0 Å². The summed E-state index contributed by atoms with van der Waals surface area (Å²) in [4.78, 5) is 12.0. The molecule has 1 aromatic heterocycles. The molecule has 0 saturated carbocycles. The van der Waals surface area contributed by atoms with Crippen LogP contribution in [0.25, 0.3) is 0 Å². The number of aryl methyl sites for hydroxylation is 1. The number of hydrogen-bond donors (Lipinski definition) is 0. The van der Waals surface area contributed by atoms with E-state index in [-0.39, 0.29) is 5.78 Å². The van der Waals surface area contributed by atoms with Crippen LogP contribution in [0.5, 0.6) is 0 Å². The highest BCUT2D eigenvalue weighted by Gasteiger charge is 2.13. The van der Waals surface area contributed by atoms with Crippen LogP contribution in [0.15, 0.2) is 41.0 Å². The molecule has 0 radical (unpaired) electrons. The second kappa shape index (κ2) is 4.18. The average molecular weight is 312 g/mol. The van der Waals surface area contributed by atoms with E-state index >= 15 is 0 Å². The van der Waals surface area contributed by atoms with E-state index in [0.29, 0.717) is 16.9 Å². The molecule has 0 unspecified atom stereocenters. The topological polar surface area (TPSA) is 30.2 Å². The Morgan fingerprint density at radius 3 is 2.40 bits per heavy atom. The quantitative estimate of drug-likeness (QED) is 0.628. The minimum absolute atomic E-state index is 0.0117. The molecule has 2 nitrogen and oxygen atoms in total. The van der Waals surface area contributed by atoms with Crippen LogP contribution >= 0.6 is 22.6 Å². The summed E-state index contributed by atoms with van der Waals surface area (Å²) in [5.74, 6) is 0.677. The Bertz CT molecular complexity index is 483. The van der Waals surface area contributed by atoms with E-state index in [1.807, 2.05) is 24.3 Å². The van der Waals surface area contributed by atoms with Gasteiger partial charge >= 0.3 is 0 Å². The molecule has 15 heavy (non-hydrogen) atoms. The van der Waals surface area contributed by atoms with E-state index < -0.39 is 0 Å². The summed E-state index contributed by atoms with van der Waals surface area (Å²) >= 11 is 2.21. The molecular weight excluding hydrogens is 303 g/mol. The number of carbonyl (C=O) groups excluding carboxylic acids is 1. The van der Waals surface area contributed by atoms with Gasteiger partial charge in [0.15, 0.2) is 5.78 Å². The molecule has 1 heterocycles. The predicted molar refractivity (Wildman–Crippen MR) is 66.0 cm³/mol. The number of ketones is 1. The molecule has 0 atom stereocenters. The van der Waals surface area contributed by atoms with E-state index in [1.54, 1.807) is 13.0 Å². The lowest BCUT2D eigenvalue weighted by molar-refractivity contribution is 0.103. The van der Waals surface area contributed by atoms with Crippen molar-refractivity contribution in [3.8, 4) is 0 Å². The van der Waals surface area contributed by atoms with Crippen molar-refractivity contribution >= 4 is 28.4 Å². The molecule has 0 fully saturated rings. The fourth-order valence-electron chi connectivity index (χ4n) is 1.38. The van der Waals surface area contributed by atoms with Crippen LogP contribution in [0.4, 0.5) is 0 Å². The summed E-state index contributed by atoms with van der Waals surface area (Å²) in [6.07, 6.45) is 1.54. The molecule has 0 spiro atoms. The van der Waals surface area contributed by atoms with Crippen molar-refractivity contribution in [3.05, 3.63) is 57.1 Å². The lowest BCUT2D eigenvalue weighted by Gasteiger charge is -1.99. The van der Waals surface area contributed by atoms with Gasteiger partial charge in [-0.05, 0) is 59.8 Å². The van der Waals surface area contributed by atoms with Crippen LogP contribution in [-0.2, 0) is 0 Å². The number of benzene rings is 1. The highest BCUT2D eigenvalue weighted by Crippen LogP contribution is 2.15. The summed E-state index contributed by atoms with van der Waals surface area (Å²) in [6.45, 7) is 1.79. The van der Waals surface area contributed by atoms with Crippen LogP contribution in [0, 0.1) is 10.5 Å². The largest absolute Gasteiger partial charge is 0.469 e. The van der Waals surface area contributed by atoms with Gasteiger partial charge in [-0.25, -0.2) is 0 Å². The van der Waals surface area contributed by atoms with Gasteiger partial charge in [-0.2, -0.15) is 0 Å². The first kappa shape index (κ1) is 10.4. The van der Waals surface area contributed by atoms with Gasteiger partial charge in [0, 0.05) is 9.13 Å². The summed E-state index contributed by atoms with van der Waals surface area (Å²) in [5, 5.41) is 0. The van der Waals surface area contributed by atoms with Gasteiger partial charge in [0.25, 0.3) is 0 Å². The Kier molecular flexibility index (Phi) is 2.90. The van der Waals surface area contributed by atoms with Crippen molar-refractivity contribution in [2.45, 2.75) is 6.92 Å². The summed E-state index contributed by atoms with van der Waals surface area (Å²) < 4.78 is 6.23. The molecule has 0 aliphatic carbocycles. The highest BCUT2D eigenvalue weighted by atomic mass is 127. The highest BCUT2D eigenvalue weighted by molar-refractivity contribution is 14.1. The van der Waals surface area contributed by atoms with Crippen molar-refractivity contribution in [3.63, 3.8) is 0 Å². The molecule has 1 aromatic carbocycles. The smallest absolute Gasteiger partial charge is 0.196 e. The van der Waals surface area contributed by atoms with E-state index in [2.05, 4.69) is 22.6 Å². The minimum Gasteiger partial charge on any atom is -0.469 e. The van der Waals surface area contributed by atoms with Gasteiger partial charge < -0.3 is 4.42 Å². The zero-order valence-electron chi connectivity index (χ0n) is 8.16. The third-order valence-corrected chi connectivity index (χ3v) is 2.93. The standard InChI is InChI=1S/C12H9IO2/c1-8-11(6-7-15-8)12(14)9-2-4-10(13)5-3-9/h2-7H,1H3. The zero-order chi connectivity index (χ0) is 10.8. The normalized spacial score (nSPS) is 10.3. The zero-order valence-corrected chi connectivity index (χ0v) is 10.3. The average Bonchev–Trinajstić information content (AvgIpc) is 2.65. The lowest BCUT2D eigenvalue weighted by atomic mass is 10.0. The molecule has 0 aliphatic heterocycles. The maximum Gasteiger partial charge on any atom is 0.196 e. The minimum atomic E-state index is 0.0117. The Hall–Kier alpha value is -1.10. The Labute approximate surface area is 101 Å². The first-order valence-electron chi connectivity index (χ1n) is 4.53. The third kappa shape index (κ3) is 2.12. The predicted octanol–water partition coefficient (Wildman–Crippen LogP) is 3.42.